The van der Waals surface area contributed by atoms with E-state index in [0.717, 1.165) is 0 Å². The monoisotopic (exact) mass is 130 g/mol. The molecule has 0 saturated carbocycles. The summed E-state index contributed by atoms with van der Waals surface area (Å²) >= 11 is 1.88. The van der Waals surface area contributed by atoms with Crippen LogP contribution in [-0.4, -0.2) is 12.0 Å². The average molecular weight is 130 g/mol. The fourth-order valence-corrected chi connectivity index (χ4v) is 1.08. The maximum Gasteiger partial charge on any atom is 0.0140 e. The second-order valence-corrected chi connectivity index (χ2v) is 3.08. The summed E-state index contributed by atoms with van der Waals surface area (Å²) in [6, 6.07) is 0. The molecule has 0 unspecified atom stereocenters. The standard InChI is InChI=1S/C7H14S/c1-6(2)7(3)5-8-4/h5H2,1-4H3. The second-order valence-electron chi connectivity index (χ2n) is 2.21. The van der Waals surface area contributed by atoms with Crippen LogP contribution < -0.4 is 0 Å². The minimum atomic E-state index is 1.18. The zero-order valence-corrected chi connectivity index (χ0v) is 6.93. The lowest BCUT2D eigenvalue weighted by atomic mass is 10.2. The third-order valence-electron chi connectivity index (χ3n) is 1.21. The number of thioether (sulfide) groups is 1. The summed E-state index contributed by atoms with van der Waals surface area (Å²) in [7, 11) is 0. The van der Waals surface area contributed by atoms with Gasteiger partial charge in [0.1, 0.15) is 0 Å². The van der Waals surface area contributed by atoms with E-state index in [1.54, 1.807) is 0 Å². The van der Waals surface area contributed by atoms with Crippen LogP contribution in [0, 0.1) is 0 Å². The summed E-state index contributed by atoms with van der Waals surface area (Å²) in [4.78, 5) is 0. The summed E-state index contributed by atoms with van der Waals surface area (Å²) in [5.74, 6) is 1.18. The molecule has 0 aromatic carbocycles. The number of allylic oxidation sites excluding steroid dienone is 1. The SMILES string of the molecule is CSCC(C)=C(C)C. The molecule has 0 N–H and O–H groups in total. The van der Waals surface area contributed by atoms with Crippen LogP contribution in [0.4, 0.5) is 0 Å². The van der Waals surface area contributed by atoms with Gasteiger partial charge >= 0.3 is 0 Å². The van der Waals surface area contributed by atoms with Gasteiger partial charge in [0.15, 0.2) is 0 Å². The van der Waals surface area contributed by atoms with Crippen molar-refractivity contribution in [2.45, 2.75) is 20.8 Å². The van der Waals surface area contributed by atoms with Crippen LogP contribution in [0.3, 0.4) is 0 Å². The highest BCUT2D eigenvalue weighted by molar-refractivity contribution is 7.98. The van der Waals surface area contributed by atoms with Crippen LogP contribution >= 0.6 is 11.8 Å². The highest BCUT2D eigenvalue weighted by Gasteiger charge is 1.87. The molecule has 0 rings (SSSR count). The van der Waals surface area contributed by atoms with Crippen molar-refractivity contribution in [2.24, 2.45) is 0 Å². The molecule has 48 valence electrons. The Morgan fingerprint density at radius 2 is 1.75 bits per heavy atom. The Morgan fingerprint density at radius 1 is 1.25 bits per heavy atom. The molecule has 8 heavy (non-hydrogen) atoms. The number of hydrogen-bond donors (Lipinski definition) is 0. The van der Waals surface area contributed by atoms with Crippen molar-refractivity contribution in [3.63, 3.8) is 0 Å². The first-order valence-electron chi connectivity index (χ1n) is 2.80. The van der Waals surface area contributed by atoms with Gasteiger partial charge < -0.3 is 0 Å². The van der Waals surface area contributed by atoms with Crippen LogP contribution in [0.2, 0.25) is 0 Å². The van der Waals surface area contributed by atoms with E-state index >= 15 is 0 Å². The molecule has 0 spiro atoms. The second kappa shape index (κ2) is 4.02. The molecule has 0 radical (unpaired) electrons. The Hall–Kier alpha value is 0.0900. The Kier molecular flexibility index (Phi) is 4.06. The van der Waals surface area contributed by atoms with Crippen molar-refractivity contribution in [3.8, 4) is 0 Å². The van der Waals surface area contributed by atoms with Gasteiger partial charge in [-0.3, -0.25) is 0 Å². The molecule has 1 heteroatoms. The Bertz CT molecular complexity index is 88.6. The minimum absolute atomic E-state index is 1.18. The summed E-state index contributed by atoms with van der Waals surface area (Å²) in [6.45, 7) is 6.50. The molecule has 0 fully saturated rings. The molecule has 0 aliphatic rings. The quantitative estimate of drug-likeness (QED) is 0.518. The lowest BCUT2D eigenvalue weighted by molar-refractivity contribution is 1.24. The molecule has 0 saturated heterocycles. The van der Waals surface area contributed by atoms with Gasteiger partial charge in [-0.05, 0) is 27.0 Å². The molecule has 0 atom stereocenters. The maximum atomic E-state index is 2.19. The number of hydrogen-bond acceptors (Lipinski definition) is 1. The van der Waals surface area contributed by atoms with Crippen LogP contribution in [0.25, 0.3) is 0 Å². The summed E-state index contributed by atoms with van der Waals surface area (Å²) in [5, 5.41) is 0. The summed E-state index contributed by atoms with van der Waals surface area (Å²) in [5.41, 5.74) is 2.97. The highest BCUT2D eigenvalue weighted by Crippen LogP contribution is 2.07. The van der Waals surface area contributed by atoms with E-state index in [4.69, 9.17) is 0 Å². The van der Waals surface area contributed by atoms with Crippen molar-refractivity contribution < 1.29 is 0 Å². The van der Waals surface area contributed by atoms with Crippen molar-refractivity contribution >= 4 is 11.8 Å². The van der Waals surface area contributed by atoms with Crippen molar-refractivity contribution in [1.29, 1.82) is 0 Å². The molecule has 0 aromatic heterocycles. The molecule has 0 heterocycles. The summed E-state index contributed by atoms with van der Waals surface area (Å²) in [6.07, 6.45) is 2.13. The molecular formula is C7H14S. The molecule has 0 amide bonds. The van der Waals surface area contributed by atoms with Crippen LogP contribution in [0.5, 0.6) is 0 Å². The van der Waals surface area contributed by atoms with E-state index in [1.807, 2.05) is 11.8 Å². The van der Waals surface area contributed by atoms with Crippen LogP contribution in [0.15, 0.2) is 11.1 Å². The van der Waals surface area contributed by atoms with E-state index in [2.05, 4.69) is 27.0 Å². The first-order chi connectivity index (χ1) is 3.68. The Balaban J connectivity index is 3.62. The lowest BCUT2D eigenvalue weighted by Crippen LogP contribution is -1.81. The molecule has 0 aliphatic carbocycles. The van der Waals surface area contributed by atoms with Crippen LogP contribution in [0.1, 0.15) is 20.8 Å². The smallest absolute Gasteiger partial charge is 0.0140 e. The fourth-order valence-electron chi connectivity index (χ4n) is 0.361. The largest absolute Gasteiger partial charge is 0.161 e. The maximum absolute atomic E-state index is 2.19. The first-order valence-corrected chi connectivity index (χ1v) is 4.19. The van der Waals surface area contributed by atoms with Crippen molar-refractivity contribution in [2.75, 3.05) is 12.0 Å². The van der Waals surface area contributed by atoms with E-state index in [-0.39, 0.29) is 0 Å². The van der Waals surface area contributed by atoms with Gasteiger partial charge in [-0.25, -0.2) is 0 Å². The predicted molar refractivity (Wildman–Crippen MR) is 42.4 cm³/mol. The lowest BCUT2D eigenvalue weighted by Gasteiger charge is -1.98. The van der Waals surface area contributed by atoms with Gasteiger partial charge in [-0.1, -0.05) is 11.1 Å². The van der Waals surface area contributed by atoms with Gasteiger partial charge in [0.25, 0.3) is 0 Å². The van der Waals surface area contributed by atoms with Crippen molar-refractivity contribution in [1.82, 2.24) is 0 Å². The van der Waals surface area contributed by atoms with E-state index < -0.39 is 0 Å². The molecule has 0 bridgehead atoms. The minimum Gasteiger partial charge on any atom is -0.161 e. The first kappa shape index (κ1) is 8.09. The topological polar surface area (TPSA) is 0 Å². The van der Waals surface area contributed by atoms with E-state index in [1.165, 1.54) is 16.9 Å². The fraction of sp³-hybridized carbons (Fsp3) is 0.714. The van der Waals surface area contributed by atoms with Gasteiger partial charge in [0, 0.05) is 5.75 Å². The zero-order valence-electron chi connectivity index (χ0n) is 6.12. The van der Waals surface area contributed by atoms with Gasteiger partial charge in [-0.2, -0.15) is 11.8 Å². The van der Waals surface area contributed by atoms with E-state index in [0.29, 0.717) is 0 Å². The van der Waals surface area contributed by atoms with Gasteiger partial charge in [-0.15, -0.1) is 0 Å². The Labute approximate surface area is 56.4 Å². The number of rotatable bonds is 2. The average Bonchev–Trinajstić information content (AvgIpc) is 1.67. The third kappa shape index (κ3) is 3.14. The van der Waals surface area contributed by atoms with Crippen LogP contribution in [-0.2, 0) is 0 Å². The Morgan fingerprint density at radius 3 is 1.88 bits per heavy atom. The van der Waals surface area contributed by atoms with Gasteiger partial charge in [0.2, 0.25) is 0 Å². The van der Waals surface area contributed by atoms with E-state index in [9.17, 15) is 0 Å². The third-order valence-corrected chi connectivity index (χ3v) is 1.94. The molecule has 0 nitrogen and oxygen atoms in total. The molecule has 0 aliphatic heterocycles. The normalized spacial score (nSPS) is 9.00. The molecular weight excluding hydrogens is 116 g/mol. The van der Waals surface area contributed by atoms with Crippen molar-refractivity contribution in [3.05, 3.63) is 11.1 Å². The summed E-state index contributed by atoms with van der Waals surface area (Å²) < 4.78 is 0. The van der Waals surface area contributed by atoms with Gasteiger partial charge in [0.05, 0.1) is 0 Å². The molecule has 0 aromatic rings. The zero-order chi connectivity index (χ0) is 6.57. The highest BCUT2D eigenvalue weighted by atomic mass is 32.2. The predicted octanol–water partition coefficient (Wildman–Crippen LogP) is 2.71.